The highest BCUT2D eigenvalue weighted by Gasteiger charge is 2.50. The highest BCUT2D eigenvalue weighted by molar-refractivity contribution is 4.77. The van der Waals surface area contributed by atoms with Crippen LogP contribution in [0.25, 0.3) is 0 Å². The molecular formula is C5H10O5. The third-order valence-corrected chi connectivity index (χ3v) is 1.49. The summed E-state index contributed by atoms with van der Waals surface area (Å²) < 4.78 is 4.29. The maximum atomic E-state index is 8.83. The Balaban J connectivity index is 2.70. The van der Waals surface area contributed by atoms with E-state index >= 15 is 0 Å². The predicted molar refractivity (Wildman–Crippen MR) is 29.5 cm³/mol. The van der Waals surface area contributed by atoms with E-state index in [-0.39, 0.29) is 13.0 Å². The summed E-state index contributed by atoms with van der Waals surface area (Å²) in [6.45, 7) is 0.121. The van der Waals surface area contributed by atoms with Gasteiger partial charge in [0, 0.05) is 6.42 Å². The molecule has 0 aliphatic carbocycles. The van der Waals surface area contributed by atoms with Crippen LogP contribution in [-0.2, 0) is 4.74 Å². The first-order valence-corrected chi connectivity index (χ1v) is 2.99. The second kappa shape index (κ2) is 2.14. The fourth-order valence-corrected chi connectivity index (χ4v) is 0.812. The molecule has 1 rings (SSSR count). The molecular weight excluding hydrogens is 140 g/mol. The average Bonchev–Trinajstić information content (AvgIpc) is 1.77. The number of aliphatic hydroxyl groups is 4. The molecule has 1 aliphatic rings. The summed E-state index contributed by atoms with van der Waals surface area (Å²) in [6.07, 6.45) is 0.301. The molecule has 0 aromatic heterocycles. The zero-order valence-corrected chi connectivity index (χ0v) is 5.32. The van der Waals surface area contributed by atoms with Crippen LogP contribution in [0.1, 0.15) is 12.8 Å². The number of ether oxygens (including phenoxy) is 1. The molecule has 0 saturated carbocycles. The molecule has 1 saturated heterocycles. The van der Waals surface area contributed by atoms with Crippen molar-refractivity contribution in [2.45, 2.75) is 24.6 Å². The quantitative estimate of drug-likeness (QED) is 0.303. The molecule has 0 aromatic rings. The molecule has 1 fully saturated rings. The van der Waals surface area contributed by atoms with Crippen LogP contribution in [0, 0.1) is 0 Å². The molecule has 0 spiro atoms. The van der Waals surface area contributed by atoms with Crippen molar-refractivity contribution in [1.29, 1.82) is 0 Å². The molecule has 5 heteroatoms. The van der Waals surface area contributed by atoms with Crippen LogP contribution in [0.3, 0.4) is 0 Å². The summed E-state index contributed by atoms with van der Waals surface area (Å²) in [5, 5.41) is 35.1. The van der Waals surface area contributed by atoms with Crippen LogP contribution < -0.4 is 0 Å². The van der Waals surface area contributed by atoms with Gasteiger partial charge in [0.2, 0.25) is 5.79 Å². The summed E-state index contributed by atoms with van der Waals surface area (Å²) in [5.41, 5.74) is 0. The van der Waals surface area contributed by atoms with Gasteiger partial charge in [-0.1, -0.05) is 0 Å². The van der Waals surface area contributed by atoms with Crippen LogP contribution in [0.4, 0.5) is 0 Å². The molecule has 0 radical (unpaired) electrons. The Bertz CT molecular complexity index is 114. The first-order valence-electron chi connectivity index (χ1n) is 2.99. The second-order valence-corrected chi connectivity index (χ2v) is 2.38. The van der Waals surface area contributed by atoms with Crippen molar-refractivity contribution in [2.24, 2.45) is 0 Å². The van der Waals surface area contributed by atoms with E-state index in [4.69, 9.17) is 20.4 Å². The van der Waals surface area contributed by atoms with Crippen LogP contribution in [0.15, 0.2) is 0 Å². The Morgan fingerprint density at radius 3 is 2.00 bits per heavy atom. The molecule has 1 heterocycles. The normalized spacial score (nSPS) is 30.0. The lowest BCUT2D eigenvalue weighted by Gasteiger charge is -2.37. The van der Waals surface area contributed by atoms with Crippen molar-refractivity contribution in [1.82, 2.24) is 0 Å². The molecule has 0 unspecified atom stereocenters. The van der Waals surface area contributed by atoms with Gasteiger partial charge in [-0.25, -0.2) is 0 Å². The highest BCUT2D eigenvalue weighted by atomic mass is 16.8. The van der Waals surface area contributed by atoms with Gasteiger partial charge in [-0.3, -0.25) is 0 Å². The zero-order valence-electron chi connectivity index (χ0n) is 5.32. The largest absolute Gasteiger partial charge is 0.359 e. The van der Waals surface area contributed by atoms with Gasteiger partial charge in [0.15, 0.2) is 0 Å². The maximum absolute atomic E-state index is 8.83. The van der Waals surface area contributed by atoms with Crippen LogP contribution in [0.5, 0.6) is 0 Å². The van der Waals surface area contributed by atoms with Crippen molar-refractivity contribution in [3.05, 3.63) is 0 Å². The van der Waals surface area contributed by atoms with E-state index in [1.807, 2.05) is 0 Å². The van der Waals surface area contributed by atoms with E-state index in [1.165, 1.54) is 0 Å². The maximum Gasteiger partial charge on any atom is 0.335 e. The Hall–Kier alpha value is -0.200. The predicted octanol–water partition coefficient (Wildman–Crippen LogP) is -1.88. The third-order valence-electron chi connectivity index (χ3n) is 1.49. The minimum atomic E-state index is -2.81. The minimum absolute atomic E-state index is 0.0972. The van der Waals surface area contributed by atoms with E-state index in [9.17, 15) is 0 Å². The smallest absolute Gasteiger partial charge is 0.335 e. The van der Waals surface area contributed by atoms with Gasteiger partial charge in [-0.05, 0) is 6.42 Å². The van der Waals surface area contributed by atoms with Crippen molar-refractivity contribution < 1.29 is 25.2 Å². The summed E-state index contributed by atoms with van der Waals surface area (Å²) in [4.78, 5) is 0. The number of hydrogen-bond donors (Lipinski definition) is 4. The van der Waals surface area contributed by atoms with Crippen molar-refractivity contribution in [3.63, 3.8) is 0 Å². The van der Waals surface area contributed by atoms with Gasteiger partial charge in [0.05, 0.1) is 6.61 Å². The summed E-state index contributed by atoms with van der Waals surface area (Å²) in [5.74, 6) is -5.35. The van der Waals surface area contributed by atoms with Crippen molar-refractivity contribution >= 4 is 0 Å². The fraction of sp³-hybridized carbons (Fsp3) is 1.00. The number of hydrogen-bond acceptors (Lipinski definition) is 5. The molecule has 0 aromatic carbocycles. The van der Waals surface area contributed by atoms with E-state index in [1.54, 1.807) is 0 Å². The zero-order chi connectivity index (χ0) is 7.83. The Labute approximate surface area is 57.5 Å². The lowest BCUT2D eigenvalue weighted by molar-refractivity contribution is -0.474. The van der Waals surface area contributed by atoms with E-state index in [0.717, 1.165) is 0 Å². The van der Waals surface area contributed by atoms with Crippen molar-refractivity contribution in [2.75, 3.05) is 6.61 Å². The SMILES string of the molecule is OC1(O)CCCOC1(O)O. The first-order chi connectivity index (χ1) is 4.46. The molecule has 1 aliphatic heterocycles. The van der Waals surface area contributed by atoms with Gasteiger partial charge in [0.1, 0.15) is 0 Å². The molecule has 0 atom stereocenters. The lowest BCUT2D eigenvalue weighted by atomic mass is 10.1. The average molecular weight is 150 g/mol. The van der Waals surface area contributed by atoms with E-state index < -0.39 is 11.8 Å². The molecule has 60 valence electrons. The van der Waals surface area contributed by atoms with Gasteiger partial charge in [-0.15, -0.1) is 0 Å². The Morgan fingerprint density at radius 1 is 1.10 bits per heavy atom. The van der Waals surface area contributed by atoms with Crippen LogP contribution >= 0.6 is 0 Å². The van der Waals surface area contributed by atoms with Gasteiger partial charge in [-0.2, -0.15) is 0 Å². The van der Waals surface area contributed by atoms with Gasteiger partial charge < -0.3 is 25.2 Å². The molecule has 0 amide bonds. The molecule has 0 bridgehead atoms. The topological polar surface area (TPSA) is 90.2 Å². The Morgan fingerprint density at radius 2 is 1.70 bits per heavy atom. The monoisotopic (exact) mass is 150 g/mol. The van der Waals surface area contributed by atoms with E-state index in [0.29, 0.717) is 6.42 Å². The third kappa shape index (κ3) is 1.14. The molecule has 4 N–H and O–H groups in total. The lowest BCUT2D eigenvalue weighted by Crippen LogP contribution is -2.58. The second-order valence-electron chi connectivity index (χ2n) is 2.38. The standard InChI is InChI=1S/C5H10O5/c6-4(7)2-1-3-10-5(4,8)9/h6-9H,1-3H2. The summed E-state index contributed by atoms with van der Waals surface area (Å²) in [6, 6.07) is 0. The van der Waals surface area contributed by atoms with Gasteiger partial charge >= 0.3 is 5.97 Å². The van der Waals surface area contributed by atoms with E-state index in [2.05, 4.69) is 4.74 Å². The van der Waals surface area contributed by atoms with Crippen molar-refractivity contribution in [3.8, 4) is 0 Å². The van der Waals surface area contributed by atoms with Crippen LogP contribution in [-0.4, -0.2) is 38.8 Å². The highest BCUT2D eigenvalue weighted by Crippen LogP contribution is 2.27. The fourth-order valence-electron chi connectivity index (χ4n) is 0.812. The number of rotatable bonds is 0. The Kier molecular flexibility index (Phi) is 1.69. The molecule has 10 heavy (non-hydrogen) atoms. The van der Waals surface area contributed by atoms with Gasteiger partial charge in [0.25, 0.3) is 0 Å². The summed E-state index contributed by atoms with van der Waals surface area (Å²) >= 11 is 0. The summed E-state index contributed by atoms with van der Waals surface area (Å²) in [7, 11) is 0. The first kappa shape index (κ1) is 7.90. The minimum Gasteiger partial charge on any atom is -0.359 e. The van der Waals surface area contributed by atoms with Crippen LogP contribution in [0.2, 0.25) is 0 Å². The molecule has 5 nitrogen and oxygen atoms in total.